The normalized spacial score (nSPS) is 12.6. The van der Waals surface area contributed by atoms with E-state index in [0.717, 1.165) is 0 Å². The van der Waals surface area contributed by atoms with Crippen molar-refractivity contribution in [1.82, 2.24) is 0 Å². The fourth-order valence-electron chi connectivity index (χ4n) is 0.532. The fraction of sp³-hybridized carbons (Fsp3) is 0. The Morgan fingerprint density at radius 1 is 0.773 bits per heavy atom. The van der Waals surface area contributed by atoms with Crippen molar-refractivity contribution in [3.05, 3.63) is 45.2 Å². The number of nitrogens with zero attached hydrogens (tertiary/aromatic N) is 6. The van der Waals surface area contributed by atoms with Gasteiger partial charge in [-0.1, -0.05) is 0 Å². The molecule has 0 aromatic heterocycles. The molecule has 2 N–H and O–H groups in total. The predicted molar refractivity (Wildman–Crippen MR) is 69.7 cm³/mol. The summed E-state index contributed by atoms with van der Waals surface area (Å²) in [6.07, 6.45) is 5.01. The highest BCUT2D eigenvalue weighted by Gasteiger charge is 1.98. The monoisotopic (exact) mass is 354 g/mol. The summed E-state index contributed by atoms with van der Waals surface area (Å²) in [6, 6.07) is 0. The fourth-order valence-corrected chi connectivity index (χ4v) is 0.717. The van der Waals surface area contributed by atoms with E-state index in [0.29, 0.717) is 0 Å². The average molecular weight is 354 g/mol. The first-order chi connectivity index (χ1) is 9.91. The highest BCUT2D eigenvalue weighted by atomic mass is 32.2. The molecule has 1 aliphatic carbocycles. The first kappa shape index (κ1) is 21.6. The van der Waals surface area contributed by atoms with Crippen molar-refractivity contribution in [2.45, 2.75) is 0 Å². The molecule has 0 atom stereocenters. The van der Waals surface area contributed by atoms with Gasteiger partial charge in [0, 0.05) is 9.82 Å². The third kappa shape index (κ3) is 19.6. The van der Waals surface area contributed by atoms with Crippen LogP contribution in [0.1, 0.15) is 0 Å². The Hall–Kier alpha value is -2.74. The van der Waals surface area contributed by atoms with Gasteiger partial charge in [0.05, 0.1) is 9.04 Å². The molecule has 16 heteroatoms. The lowest BCUT2D eigenvalue weighted by atomic mass is 10.2. The number of rotatable bonds is 2. The number of azide groups is 2. The molecule has 120 valence electrons. The Morgan fingerprint density at radius 3 is 1.09 bits per heavy atom. The number of allylic oxidation sites excluding steroid dienone is 4. The quantitative estimate of drug-likeness (QED) is 0.231. The molecular formula is C6H6N6O8S2. The summed E-state index contributed by atoms with van der Waals surface area (Å²) in [5, 5.41) is 0. The van der Waals surface area contributed by atoms with Gasteiger partial charge in [0.1, 0.15) is 0 Å². The smallest absolute Gasteiger partial charge is 0.290 e. The molecule has 0 heterocycles. The van der Waals surface area contributed by atoms with E-state index in [1.807, 2.05) is 9.04 Å². The summed E-state index contributed by atoms with van der Waals surface area (Å²) >= 11 is 0. The van der Waals surface area contributed by atoms with E-state index in [9.17, 15) is 26.4 Å². The van der Waals surface area contributed by atoms with Crippen LogP contribution in [-0.4, -0.2) is 37.5 Å². The van der Waals surface area contributed by atoms with E-state index in [2.05, 4.69) is 0 Å². The molecule has 0 saturated heterocycles. The molecule has 0 saturated carbocycles. The van der Waals surface area contributed by atoms with Gasteiger partial charge in [0.25, 0.3) is 0 Å². The molecule has 0 aromatic rings. The van der Waals surface area contributed by atoms with Gasteiger partial charge in [-0.05, 0) is 35.4 Å². The summed E-state index contributed by atoms with van der Waals surface area (Å²) in [4.78, 5) is 24.2. The minimum atomic E-state index is -4.47. The third-order valence-electron chi connectivity index (χ3n) is 1.10. The Bertz CT molecular complexity index is 697. The SMILES string of the molecule is O=C1C=CC(=O)C=C1.[N-]=[N+]=NS(=O)(=O)O.[N-]=[N+]=NS(=O)(=O)O. The molecule has 0 radical (unpaired) electrons. The summed E-state index contributed by atoms with van der Waals surface area (Å²) < 4.78 is 56.5. The molecule has 0 aromatic carbocycles. The van der Waals surface area contributed by atoms with Crippen LogP contribution < -0.4 is 0 Å². The van der Waals surface area contributed by atoms with Gasteiger partial charge in [-0.25, -0.2) is 0 Å². The van der Waals surface area contributed by atoms with E-state index in [-0.39, 0.29) is 11.6 Å². The van der Waals surface area contributed by atoms with Crippen LogP contribution in [0.2, 0.25) is 0 Å². The van der Waals surface area contributed by atoms with Crippen molar-refractivity contribution in [2.24, 2.45) is 9.04 Å². The first-order valence-electron chi connectivity index (χ1n) is 4.43. The van der Waals surface area contributed by atoms with Crippen LogP contribution in [0.3, 0.4) is 0 Å². The van der Waals surface area contributed by atoms with E-state index in [1.165, 1.54) is 24.3 Å². The first-order valence-corrected chi connectivity index (χ1v) is 7.22. The molecule has 0 amide bonds. The number of hydrogen-bond acceptors (Lipinski definition) is 6. The molecule has 22 heavy (non-hydrogen) atoms. The van der Waals surface area contributed by atoms with Crippen LogP contribution in [-0.2, 0) is 30.2 Å². The van der Waals surface area contributed by atoms with E-state index < -0.39 is 20.6 Å². The predicted octanol–water partition coefficient (Wildman–Crippen LogP) is 0.450. The maximum absolute atomic E-state index is 10.3. The number of carbonyl (C=O) groups excluding carboxylic acids is 2. The van der Waals surface area contributed by atoms with Gasteiger partial charge in [-0.3, -0.25) is 18.7 Å². The molecule has 0 fully saturated rings. The lowest BCUT2D eigenvalue weighted by molar-refractivity contribution is -0.113. The molecule has 14 nitrogen and oxygen atoms in total. The third-order valence-corrected chi connectivity index (χ3v) is 1.66. The second-order valence-electron chi connectivity index (χ2n) is 2.71. The maximum Gasteiger partial charge on any atom is 0.356 e. The molecule has 0 unspecified atom stereocenters. The van der Waals surface area contributed by atoms with Crippen LogP contribution in [0.4, 0.5) is 0 Å². The van der Waals surface area contributed by atoms with E-state index in [1.54, 1.807) is 9.82 Å². The lowest BCUT2D eigenvalue weighted by Gasteiger charge is -1.87. The van der Waals surface area contributed by atoms with Gasteiger partial charge in [-0.2, -0.15) is 16.8 Å². The minimum Gasteiger partial charge on any atom is -0.290 e. The second-order valence-corrected chi connectivity index (χ2v) is 4.83. The largest absolute Gasteiger partial charge is 0.356 e. The Balaban J connectivity index is 0. The minimum absolute atomic E-state index is 0.121. The van der Waals surface area contributed by atoms with Crippen molar-refractivity contribution >= 4 is 32.2 Å². The van der Waals surface area contributed by atoms with Gasteiger partial charge >= 0.3 is 20.6 Å². The second kappa shape index (κ2) is 10.1. The molecule has 0 spiro atoms. The van der Waals surface area contributed by atoms with Crippen molar-refractivity contribution in [3.63, 3.8) is 0 Å². The summed E-state index contributed by atoms with van der Waals surface area (Å²) in [5.41, 5.74) is 14.6. The summed E-state index contributed by atoms with van der Waals surface area (Å²) in [6.45, 7) is 0. The average Bonchev–Trinajstić information content (AvgIpc) is 2.31. The van der Waals surface area contributed by atoms with Crippen LogP contribution >= 0.6 is 0 Å². The van der Waals surface area contributed by atoms with Gasteiger partial charge < -0.3 is 0 Å². The van der Waals surface area contributed by atoms with Crippen LogP contribution in [0.25, 0.3) is 20.9 Å². The highest BCUT2D eigenvalue weighted by Crippen LogP contribution is 1.90. The molecule has 1 rings (SSSR count). The van der Waals surface area contributed by atoms with Crippen molar-refractivity contribution in [1.29, 1.82) is 0 Å². The zero-order valence-electron chi connectivity index (χ0n) is 10.2. The molecule has 0 bridgehead atoms. The van der Waals surface area contributed by atoms with Crippen LogP contribution in [0, 0.1) is 0 Å². The topological polar surface area (TPSA) is 240 Å². The summed E-state index contributed by atoms with van der Waals surface area (Å²) in [5.74, 6) is -0.241. The lowest BCUT2D eigenvalue weighted by Crippen LogP contribution is -1.97. The van der Waals surface area contributed by atoms with Crippen molar-refractivity contribution < 1.29 is 35.5 Å². The Labute approximate surface area is 122 Å². The number of ketones is 2. The van der Waals surface area contributed by atoms with E-state index in [4.69, 9.17) is 20.2 Å². The molecule has 1 aliphatic rings. The summed E-state index contributed by atoms with van der Waals surface area (Å²) in [7, 11) is -8.93. The maximum atomic E-state index is 10.3. The standard InChI is InChI=1S/C6H4O2.2HN3O3S/c7-5-1-2-6(8)4-3-5;2*1-2-3-7(4,5)6/h1-4H;2*(H,4,5,6). The van der Waals surface area contributed by atoms with Crippen LogP contribution in [0.15, 0.2) is 33.3 Å². The van der Waals surface area contributed by atoms with Crippen LogP contribution in [0.5, 0.6) is 0 Å². The van der Waals surface area contributed by atoms with Gasteiger partial charge in [-0.15, -0.1) is 0 Å². The van der Waals surface area contributed by atoms with Gasteiger partial charge in [0.15, 0.2) is 11.6 Å². The zero-order chi connectivity index (χ0) is 17.8. The van der Waals surface area contributed by atoms with Crippen molar-refractivity contribution in [3.8, 4) is 0 Å². The van der Waals surface area contributed by atoms with E-state index >= 15 is 0 Å². The number of carbonyl (C=O) groups is 2. The molecule has 0 aliphatic heterocycles. The number of hydrogen-bond donors (Lipinski definition) is 2. The highest BCUT2D eigenvalue weighted by molar-refractivity contribution is 7.84. The Morgan fingerprint density at radius 2 is 1.00 bits per heavy atom. The van der Waals surface area contributed by atoms with Crippen molar-refractivity contribution in [2.75, 3.05) is 0 Å². The molecular weight excluding hydrogens is 348 g/mol. The Kier molecular flexibility index (Phi) is 9.85. The van der Waals surface area contributed by atoms with Gasteiger partial charge in [0.2, 0.25) is 0 Å². The zero-order valence-corrected chi connectivity index (χ0v) is 11.8.